The first-order valence-electron chi connectivity index (χ1n) is 9.14. The van der Waals surface area contributed by atoms with Crippen molar-refractivity contribution >= 4 is 21.6 Å². The molecule has 0 saturated heterocycles. The fraction of sp³-hybridized carbons (Fsp3) is 0.381. The molecule has 0 aliphatic carbocycles. The molecule has 2 rings (SSSR count). The lowest BCUT2D eigenvalue weighted by Crippen LogP contribution is -2.29. The Bertz CT molecular complexity index is 906. The van der Waals surface area contributed by atoms with E-state index in [2.05, 4.69) is 30.4 Å². The van der Waals surface area contributed by atoms with Crippen molar-refractivity contribution < 1.29 is 13.2 Å². The van der Waals surface area contributed by atoms with Crippen LogP contribution in [0.25, 0.3) is 0 Å². The maximum Gasteiger partial charge on any atom is 0.251 e. The predicted molar refractivity (Wildman–Crippen MR) is 111 cm³/mol. The van der Waals surface area contributed by atoms with Crippen molar-refractivity contribution in [1.82, 2.24) is 5.32 Å². The highest BCUT2D eigenvalue weighted by Crippen LogP contribution is 2.23. The summed E-state index contributed by atoms with van der Waals surface area (Å²) >= 11 is 0. The quantitative estimate of drug-likeness (QED) is 0.780. The molecule has 0 unspecified atom stereocenters. The smallest absolute Gasteiger partial charge is 0.251 e. The summed E-state index contributed by atoms with van der Waals surface area (Å²) in [5.74, 6) is -0.144. The van der Waals surface area contributed by atoms with Gasteiger partial charge in [0, 0.05) is 12.6 Å². The van der Waals surface area contributed by atoms with Gasteiger partial charge in [0.2, 0.25) is 10.0 Å². The molecule has 2 aromatic carbocycles. The van der Waals surface area contributed by atoms with Crippen LogP contribution in [0, 0.1) is 13.8 Å². The van der Waals surface area contributed by atoms with E-state index in [4.69, 9.17) is 0 Å². The summed E-state index contributed by atoms with van der Waals surface area (Å²) in [6, 6.07) is 12.8. The van der Waals surface area contributed by atoms with E-state index in [1.807, 2.05) is 13.8 Å². The van der Waals surface area contributed by atoms with E-state index in [1.165, 1.54) is 16.9 Å². The van der Waals surface area contributed by atoms with Crippen molar-refractivity contribution in [3.05, 3.63) is 64.7 Å². The Morgan fingerprint density at radius 3 is 2.22 bits per heavy atom. The summed E-state index contributed by atoms with van der Waals surface area (Å²) in [6.45, 7) is 7.74. The molecule has 1 atom stereocenters. The highest BCUT2D eigenvalue weighted by atomic mass is 32.2. The van der Waals surface area contributed by atoms with Gasteiger partial charge >= 0.3 is 0 Å². The second-order valence-corrected chi connectivity index (χ2v) is 9.00. The number of aryl methyl sites for hydroxylation is 2. The first-order chi connectivity index (χ1) is 12.7. The molecule has 0 bridgehead atoms. The molecule has 146 valence electrons. The molecule has 2 aromatic rings. The molecule has 0 aromatic heterocycles. The van der Waals surface area contributed by atoms with Crippen LogP contribution in [0.1, 0.15) is 53.4 Å². The van der Waals surface area contributed by atoms with Crippen LogP contribution in [0.2, 0.25) is 0 Å². The lowest BCUT2D eigenvalue weighted by molar-refractivity contribution is 0.0935. The van der Waals surface area contributed by atoms with E-state index in [1.54, 1.807) is 31.2 Å². The van der Waals surface area contributed by atoms with Gasteiger partial charge in [-0.05, 0) is 62.6 Å². The van der Waals surface area contributed by atoms with E-state index >= 15 is 0 Å². The molecule has 5 nitrogen and oxygen atoms in total. The average Bonchev–Trinajstić information content (AvgIpc) is 2.66. The summed E-state index contributed by atoms with van der Waals surface area (Å²) in [4.78, 5) is 12.7. The third-order valence-corrected chi connectivity index (χ3v) is 6.56. The predicted octanol–water partition coefficient (Wildman–Crippen LogP) is 3.97. The minimum Gasteiger partial charge on any atom is -0.345 e. The average molecular weight is 389 g/mol. The van der Waals surface area contributed by atoms with E-state index < -0.39 is 10.0 Å². The molecule has 0 aliphatic heterocycles. The van der Waals surface area contributed by atoms with Crippen molar-refractivity contribution in [1.29, 1.82) is 0 Å². The number of anilines is 1. The van der Waals surface area contributed by atoms with Gasteiger partial charge in [-0.15, -0.1) is 0 Å². The molecule has 0 radical (unpaired) electrons. The maximum absolute atomic E-state index is 12.7. The molecule has 27 heavy (non-hydrogen) atoms. The van der Waals surface area contributed by atoms with Crippen LogP contribution in [-0.2, 0) is 10.0 Å². The number of amides is 1. The fourth-order valence-electron chi connectivity index (χ4n) is 3.03. The second kappa shape index (κ2) is 8.57. The number of carbonyl (C=O) groups is 1. The minimum atomic E-state index is -3.32. The van der Waals surface area contributed by atoms with Gasteiger partial charge in [0.1, 0.15) is 0 Å². The Morgan fingerprint density at radius 1 is 1.07 bits per heavy atom. The van der Waals surface area contributed by atoms with E-state index in [9.17, 15) is 13.2 Å². The van der Waals surface area contributed by atoms with E-state index in [0.717, 1.165) is 17.5 Å². The Morgan fingerprint density at radius 2 is 1.70 bits per heavy atom. The minimum absolute atomic E-state index is 0.0276. The summed E-state index contributed by atoms with van der Waals surface area (Å²) < 4.78 is 25.2. The maximum atomic E-state index is 12.7. The Hall–Kier alpha value is -2.34. The van der Waals surface area contributed by atoms with E-state index in [-0.39, 0.29) is 17.7 Å². The molecule has 0 heterocycles. The van der Waals surface area contributed by atoms with Gasteiger partial charge in [0.25, 0.3) is 5.91 Å². The molecule has 0 saturated carbocycles. The van der Waals surface area contributed by atoms with Gasteiger partial charge in [0.05, 0.1) is 17.5 Å². The molecule has 1 N–H and O–H groups in total. The number of sulfonamides is 1. The lowest BCUT2D eigenvalue weighted by atomic mass is 9.97. The first-order valence-corrected chi connectivity index (χ1v) is 10.7. The highest BCUT2D eigenvalue weighted by Gasteiger charge is 2.18. The molecule has 1 amide bonds. The van der Waals surface area contributed by atoms with Crippen molar-refractivity contribution in [2.24, 2.45) is 0 Å². The number of nitrogens with one attached hydrogen (secondary N) is 1. The summed E-state index contributed by atoms with van der Waals surface area (Å²) in [5.41, 5.74) is 4.50. The molecule has 6 heteroatoms. The van der Waals surface area contributed by atoms with Crippen LogP contribution in [-0.4, -0.2) is 27.1 Å². The Balaban J connectivity index is 2.17. The number of hydrogen-bond acceptors (Lipinski definition) is 3. The third-order valence-electron chi connectivity index (χ3n) is 4.79. The Labute approximate surface area is 162 Å². The lowest BCUT2D eigenvalue weighted by Gasteiger charge is -2.21. The zero-order valence-electron chi connectivity index (χ0n) is 16.6. The second-order valence-electron chi connectivity index (χ2n) is 6.71. The van der Waals surface area contributed by atoms with Gasteiger partial charge in [0.15, 0.2) is 0 Å². The van der Waals surface area contributed by atoms with Crippen molar-refractivity contribution in [3.8, 4) is 0 Å². The van der Waals surface area contributed by atoms with Crippen LogP contribution >= 0.6 is 0 Å². The molecular weight excluding hydrogens is 360 g/mol. The first kappa shape index (κ1) is 21.0. The topological polar surface area (TPSA) is 66.5 Å². The zero-order valence-corrected chi connectivity index (χ0v) is 17.4. The van der Waals surface area contributed by atoms with Gasteiger partial charge in [-0.1, -0.05) is 30.7 Å². The van der Waals surface area contributed by atoms with Crippen molar-refractivity contribution in [3.63, 3.8) is 0 Å². The van der Waals surface area contributed by atoms with Crippen molar-refractivity contribution in [2.75, 3.05) is 17.1 Å². The van der Waals surface area contributed by atoms with Crippen molar-refractivity contribution in [2.45, 2.75) is 40.2 Å². The van der Waals surface area contributed by atoms with Crippen LogP contribution in [0.5, 0.6) is 0 Å². The molecular formula is C21H28N2O3S. The summed E-state index contributed by atoms with van der Waals surface area (Å²) in [7, 11) is -1.80. The van der Waals surface area contributed by atoms with Gasteiger partial charge in [-0.25, -0.2) is 8.42 Å². The van der Waals surface area contributed by atoms with Gasteiger partial charge in [-0.3, -0.25) is 9.10 Å². The van der Waals surface area contributed by atoms with E-state index in [0.29, 0.717) is 11.3 Å². The van der Waals surface area contributed by atoms with Gasteiger partial charge in [-0.2, -0.15) is 0 Å². The largest absolute Gasteiger partial charge is 0.345 e. The fourth-order valence-corrected chi connectivity index (χ4v) is 3.87. The number of carbonyl (C=O) groups excluding carboxylic acids is 1. The summed E-state index contributed by atoms with van der Waals surface area (Å²) in [5, 5.41) is 3.08. The van der Waals surface area contributed by atoms with Crippen LogP contribution < -0.4 is 9.62 Å². The van der Waals surface area contributed by atoms with Crippen LogP contribution in [0.3, 0.4) is 0 Å². The van der Waals surface area contributed by atoms with Crippen LogP contribution in [0.15, 0.2) is 42.5 Å². The monoisotopic (exact) mass is 388 g/mol. The number of hydrogen-bond donors (Lipinski definition) is 1. The molecule has 0 fully saturated rings. The molecule has 0 aliphatic rings. The number of rotatable bonds is 7. The van der Waals surface area contributed by atoms with Gasteiger partial charge < -0.3 is 5.32 Å². The normalized spacial score (nSPS) is 12.5. The zero-order chi connectivity index (χ0) is 20.2. The summed E-state index contributed by atoms with van der Waals surface area (Å²) in [6.07, 6.45) is 0.783. The Kier molecular flexibility index (Phi) is 6.65. The number of nitrogens with zero attached hydrogens (tertiary/aromatic N) is 1. The molecule has 0 spiro atoms. The van der Waals surface area contributed by atoms with Crippen LogP contribution in [0.4, 0.5) is 5.69 Å². The SMILES string of the molecule is CC[C@H](NC(=O)c1ccc(N(C)S(=O)(=O)CC)cc1)c1ccc(C)cc1C. The third kappa shape index (κ3) is 4.89. The highest BCUT2D eigenvalue weighted by molar-refractivity contribution is 7.92. The standard InChI is InChI=1S/C21H28N2O3S/c1-6-20(19-13-8-15(3)14-16(19)4)22-21(24)17-9-11-18(12-10-17)23(5)27(25,26)7-2/h8-14,20H,6-7H2,1-5H3,(H,22,24)/t20-/m0/s1. The number of benzene rings is 2.